The van der Waals surface area contributed by atoms with Gasteiger partial charge in [-0.25, -0.2) is 12.8 Å². The van der Waals surface area contributed by atoms with Gasteiger partial charge in [-0.1, -0.05) is 18.2 Å². The first-order valence-electron chi connectivity index (χ1n) is 10.7. The lowest BCUT2D eigenvalue weighted by atomic mass is 10.1. The maximum Gasteiger partial charge on any atom is 0.243 e. The van der Waals surface area contributed by atoms with Crippen LogP contribution in [0.5, 0.6) is 0 Å². The number of para-hydroxylation sites is 1. The Morgan fingerprint density at radius 2 is 1.81 bits per heavy atom. The van der Waals surface area contributed by atoms with Gasteiger partial charge in [0.25, 0.3) is 0 Å². The van der Waals surface area contributed by atoms with Crippen LogP contribution < -0.4 is 5.32 Å². The molecule has 170 valence electrons. The highest BCUT2D eigenvalue weighted by atomic mass is 32.2. The molecule has 1 saturated heterocycles. The van der Waals surface area contributed by atoms with Crippen LogP contribution in [-0.4, -0.2) is 67.8 Å². The molecule has 2 heterocycles. The van der Waals surface area contributed by atoms with Crippen LogP contribution in [0, 0.1) is 5.82 Å². The Morgan fingerprint density at radius 1 is 1.03 bits per heavy atom. The number of rotatable bonds is 7. The van der Waals surface area contributed by atoms with E-state index < -0.39 is 15.8 Å². The van der Waals surface area contributed by atoms with E-state index in [-0.39, 0.29) is 17.3 Å². The second-order valence-corrected chi connectivity index (χ2v) is 9.89. The Bertz CT molecular complexity index is 1180. The molecule has 0 spiro atoms. The number of sulfonamides is 1. The van der Waals surface area contributed by atoms with Gasteiger partial charge in [-0.2, -0.15) is 4.31 Å². The summed E-state index contributed by atoms with van der Waals surface area (Å²) >= 11 is 0. The number of carbonyl (C=O) groups is 1. The van der Waals surface area contributed by atoms with E-state index >= 15 is 0 Å². The standard InChI is InChI=1S/C23H27FN4O3S/c24-19-6-8-20(9-7-19)32(30,31)28-13-3-12-27(14-15-28)17-23(29)25-11-10-18-16-26-22-5-2-1-4-21(18)22/h1-2,4-9,16,26H,3,10-15,17H2,(H,25,29). The van der Waals surface area contributed by atoms with Crippen LogP contribution in [0.25, 0.3) is 10.9 Å². The molecule has 1 aliphatic heterocycles. The van der Waals surface area contributed by atoms with Gasteiger partial charge in [0.15, 0.2) is 0 Å². The van der Waals surface area contributed by atoms with Gasteiger partial charge in [-0.15, -0.1) is 0 Å². The van der Waals surface area contributed by atoms with E-state index in [1.807, 2.05) is 29.3 Å². The average molecular weight is 459 g/mol. The van der Waals surface area contributed by atoms with Gasteiger partial charge in [-0.05, 0) is 55.3 Å². The number of carbonyl (C=O) groups excluding carboxylic acids is 1. The lowest BCUT2D eigenvalue weighted by Crippen LogP contribution is -2.40. The van der Waals surface area contributed by atoms with E-state index in [4.69, 9.17) is 0 Å². The molecule has 0 aliphatic carbocycles. The van der Waals surface area contributed by atoms with Gasteiger partial charge in [0.2, 0.25) is 15.9 Å². The number of nitrogens with one attached hydrogen (secondary N) is 2. The Morgan fingerprint density at radius 3 is 2.62 bits per heavy atom. The number of aromatic amines is 1. The molecular formula is C23H27FN4O3S. The average Bonchev–Trinajstić information content (AvgIpc) is 3.03. The highest BCUT2D eigenvalue weighted by Crippen LogP contribution is 2.19. The maximum atomic E-state index is 13.1. The van der Waals surface area contributed by atoms with Crippen LogP contribution in [0.15, 0.2) is 59.6 Å². The minimum absolute atomic E-state index is 0.0697. The predicted molar refractivity (Wildman–Crippen MR) is 121 cm³/mol. The molecule has 2 N–H and O–H groups in total. The molecule has 9 heteroatoms. The number of benzene rings is 2. The highest BCUT2D eigenvalue weighted by molar-refractivity contribution is 7.89. The minimum atomic E-state index is -3.67. The third kappa shape index (κ3) is 5.17. The second kappa shape index (κ2) is 9.81. The summed E-state index contributed by atoms with van der Waals surface area (Å²) in [5.74, 6) is -0.540. The van der Waals surface area contributed by atoms with E-state index in [2.05, 4.69) is 16.4 Å². The Kier molecular flexibility index (Phi) is 6.88. The van der Waals surface area contributed by atoms with Crippen molar-refractivity contribution in [2.45, 2.75) is 17.7 Å². The molecule has 7 nitrogen and oxygen atoms in total. The highest BCUT2D eigenvalue weighted by Gasteiger charge is 2.27. The predicted octanol–water partition coefficient (Wildman–Crippen LogP) is 2.36. The molecular weight excluding hydrogens is 431 g/mol. The summed E-state index contributed by atoms with van der Waals surface area (Å²) in [6.07, 6.45) is 3.34. The van der Waals surface area contributed by atoms with Crippen molar-refractivity contribution in [1.29, 1.82) is 0 Å². The summed E-state index contributed by atoms with van der Waals surface area (Å²) < 4.78 is 40.2. The molecule has 2 aromatic carbocycles. The first kappa shape index (κ1) is 22.4. The number of hydrogen-bond acceptors (Lipinski definition) is 4. The molecule has 1 aliphatic rings. The van der Waals surface area contributed by atoms with Gasteiger partial charge in [0.05, 0.1) is 11.4 Å². The number of hydrogen-bond donors (Lipinski definition) is 2. The van der Waals surface area contributed by atoms with Gasteiger partial charge in [0.1, 0.15) is 5.82 Å². The number of halogens is 1. The molecule has 0 saturated carbocycles. The summed E-state index contributed by atoms with van der Waals surface area (Å²) in [6.45, 7) is 2.56. The smallest absolute Gasteiger partial charge is 0.243 e. The maximum absolute atomic E-state index is 13.1. The number of amides is 1. The van der Waals surface area contributed by atoms with Gasteiger partial charge >= 0.3 is 0 Å². The summed E-state index contributed by atoms with van der Waals surface area (Å²) in [4.78, 5) is 17.7. The Hall–Kier alpha value is -2.75. The Labute approximate surface area is 187 Å². The van der Waals surface area contributed by atoms with Crippen LogP contribution in [0.2, 0.25) is 0 Å². The first-order chi connectivity index (χ1) is 15.4. The Balaban J connectivity index is 1.26. The van der Waals surface area contributed by atoms with Crippen LogP contribution in [0.4, 0.5) is 4.39 Å². The molecule has 32 heavy (non-hydrogen) atoms. The molecule has 0 atom stereocenters. The van der Waals surface area contributed by atoms with Crippen molar-refractivity contribution in [3.05, 3.63) is 66.1 Å². The summed E-state index contributed by atoms with van der Waals surface area (Å²) in [5, 5.41) is 4.13. The zero-order valence-electron chi connectivity index (χ0n) is 17.8. The monoisotopic (exact) mass is 458 g/mol. The largest absolute Gasteiger partial charge is 0.361 e. The molecule has 0 unspecified atom stereocenters. The van der Waals surface area contributed by atoms with Crippen molar-refractivity contribution < 1.29 is 17.6 Å². The summed E-state index contributed by atoms with van der Waals surface area (Å²) in [7, 11) is -3.67. The third-order valence-electron chi connectivity index (χ3n) is 5.76. The van der Waals surface area contributed by atoms with Gasteiger partial charge < -0.3 is 10.3 Å². The van der Waals surface area contributed by atoms with Crippen molar-refractivity contribution >= 4 is 26.8 Å². The third-order valence-corrected chi connectivity index (χ3v) is 7.67. The van der Waals surface area contributed by atoms with E-state index in [9.17, 15) is 17.6 Å². The van der Waals surface area contributed by atoms with Crippen LogP contribution in [-0.2, 0) is 21.2 Å². The van der Waals surface area contributed by atoms with Crippen LogP contribution >= 0.6 is 0 Å². The normalized spacial score (nSPS) is 16.2. The summed E-state index contributed by atoms with van der Waals surface area (Å²) in [6, 6.07) is 12.9. The first-order valence-corrected chi connectivity index (χ1v) is 12.2. The van der Waals surface area contributed by atoms with Crippen molar-refractivity contribution in [3.8, 4) is 0 Å². The lowest BCUT2D eigenvalue weighted by molar-refractivity contribution is -0.122. The molecule has 1 aromatic heterocycles. The quantitative estimate of drug-likeness (QED) is 0.569. The molecule has 0 radical (unpaired) electrons. The van der Waals surface area contributed by atoms with E-state index in [0.29, 0.717) is 39.1 Å². The number of nitrogens with zero attached hydrogens (tertiary/aromatic N) is 2. The summed E-state index contributed by atoms with van der Waals surface area (Å²) in [5.41, 5.74) is 2.25. The molecule has 0 bridgehead atoms. The van der Waals surface area contributed by atoms with Crippen molar-refractivity contribution in [3.63, 3.8) is 0 Å². The van der Waals surface area contributed by atoms with Crippen LogP contribution in [0.3, 0.4) is 0 Å². The van der Waals surface area contributed by atoms with Crippen molar-refractivity contribution in [2.75, 3.05) is 39.3 Å². The molecule has 3 aromatic rings. The molecule has 4 rings (SSSR count). The molecule has 1 fully saturated rings. The fourth-order valence-corrected chi connectivity index (χ4v) is 5.51. The number of aromatic nitrogens is 1. The molecule has 1 amide bonds. The minimum Gasteiger partial charge on any atom is -0.361 e. The number of H-pyrrole nitrogens is 1. The van der Waals surface area contributed by atoms with Gasteiger partial charge in [0, 0.05) is 43.3 Å². The van der Waals surface area contributed by atoms with E-state index in [1.54, 1.807) is 0 Å². The lowest BCUT2D eigenvalue weighted by Gasteiger charge is -2.21. The SMILES string of the molecule is O=C(CN1CCCN(S(=O)(=O)c2ccc(F)cc2)CC1)NCCc1c[nH]c2ccccc12. The van der Waals surface area contributed by atoms with E-state index in [0.717, 1.165) is 35.0 Å². The van der Waals surface area contributed by atoms with Crippen molar-refractivity contribution in [1.82, 2.24) is 19.5 Å². The number of fused-ring (bicyclic) bond motifs is 1. The fraction of sp³-hybridized carbons (Fsp3) is 0.348. The second-order valence-electron chi connectivity index (χ2n) is 7.95. The topological polar surface area (TPSA) is 85.5 Å². The van der Waals surface area contributed by atoms with E-state index in [1.165, 1.54) is 16.4 Å². The zero-order valence-corrected chi connectivity index (χ0v) is 18.6. The van der Waals surface area contributed by atoms with Gasteiger partial charge in [-0.3, -0.25) is 9.69 Å². The zero-order chi connectivity index (χ0) is 22.6. The van der Waals surface area contributed by atoms with Crippen molar-refractivity contribution in [2.24, 2.45) is 0 Å². The van der Waals surface area contributed by atoms with Crippen LogP contribution in [0.1, 0.15) is 12.0 Å². The fourth-order valence-electron chi connectivity index (χ4n) is 4.04.